The molecule has 10 heteroatoms. The summed E-state index contributed by atoms with van der Waals surface area (Å²) < 4.78 is 16.4. The summed E-state index contributed by atoms with van der Waals surface area (Å²) in [7, 11) is 3.10. The van der Waals surface area contributed by atoms with Gasteiger partial charge in [0, 0.05) is 24.3 Å². The number of carbonyl (C=O) groups excluding carboxylic acids is 2. The molecule has 0 atom stereocenters. The van der Waals surface area contributed by atoms with E-state index >= 15 is 0 Å². The standard InChI is InChI=1S/C31H29N3O7/c1-20-8-11-22(12-9-20)30(35)33-25(31(36)32-17-16-21-10-14-28(39-2)29(18-21)40-3)19-23-13-15-27(41-23)24-6-4-5-7-26(24)34(37)38/h4-15,18-19H,16-17H2,1-3H3,(H,32,36)(H,33,35)/b25-19-. The van der Waals surface area contributed by atoms with E-state index in [0.29, 0.717) is 29.0 Å². The maximum Gasteiger partial charge on any atom is 0.280 e. The zero-order chi connectivity index (χ0) is 29.4. The lowest BCUT2D eigenvalue weighted by Crippen LogP contribution is -2.35. The fourth-order valence-electron chi connectivity index (χ4n) is 4.07. The van der Waals surface area contributed by atoms with Crippen LogP contribution in [0.4, 0.5) is 5.69 Å². The molecule has 0 spiro atoms. The third-order valence-corrected chi connectivity index (χ3v) is 6.23. The molecular weight excluding hydrogens is 526 g/mol. The van der Waals surface area contributed by atoms with E-state index in [1.807, 2.05) is 19.1 Å². The monoisotopic (exact) mass is 555 g/mol. The van der Waals surface area contributed by atoms with Crippen molar-refractivity contribution in [3.8, 4) is 22.8 Å². The molecule has 0 radical (unpaired) electrons. The quantitative estimate of drug-likeness (QED) is 0.146. The predicted octanol–water partition coefficient (Wildman–Crippen LogP) is 5.31. The molecule has 10 nitrogen and oxygen atoms in total. The summed E-state index contributed by atoms with van der Waals surface area (Å²) in [6.45, 7) is 2.18. The van der Waals surface area contributed by atoms with E-state index in [4.69, 9.17) is 13.9 Å². The first-order chi connectivity index (χ1) is 19.8. The lowest BCUT2D eigenvalue weighted by atomic mass is 10.1. The molecule has 1 aromatic heterocycles. The molecule has 0 fully saturated rings. The van der Waals surface area contributed by atoms with Crippen LogP contribution in [0.1, 0.15) is 27.2 Å². The summed E-state index contributed by atoms with van der Waals surface area (Å²) in [6, 6.07) is 21.7. The van der Waals surface area contributed by atoms with Gasteiger partial charge in [-0.05, 0) is 61.4 Å². The Labute approximate surface area is 236 Å². The predicted molar refractivity (Wildman–Crippen MR) is 154 cm³/mol. The normalized spacial score (nSPS) is 11.0. The number of aryl methyl sites for hydroxylation is 1. The summed E-state index contributed by atoms with van der Waals surface area (Å²) in [5.74, 6) is 0.651. The first kappa shape index (κ1) is 28.6. The molecule has 3 aromatic carbocycles. The Morgan fingerprint density at radius 3 is 2.39 bits per heavy atom. The van der Waals surface area contributed by atoms with Crippen LogP contribution in [0.25, 0.3) is 17.4 Å². The van der Waals surface area contributed by atoms with Crippen LogP contribution >= 0.6 is 0 Å². The van der Waals surface area contributed by atoms with Gasteiger partial charge < -0.3 is 24.5 Å². The summed E-state index contributed by atoms with van der Waals surface area (Å²) in [5, 5.41) is 16.9. The number of rotatable bonds is 11. The van der Waals surface area contributed by atoms with Gasteiger partial charge in [0.1, 0.15) is 17.2 Å². The molecule has 4 aromatic rings. The van der Waals surface area contributed by atoms with Gasteiger partial charge in [-0.2, -0.15) is 0 Å². The lowest BCUT2D eigenvalue weighted by molar-refractivity contribution is -0.384. The largest absolute Gasteiger partial charge is 0.493 e. The second-order valence-electron chi connectivity index (χ2n) is 9.05. The van der Waals surface area contributed by atoms with Crippen molar-refractivity contribution in [2.24, 2.45) is 0 Å². The summed E-state index contributed by atoms with van der Waals surface area (Å²) in [4.78, 5) is 37.2. The third-order valence-electron chi connectivity index (χ3n) is 6.23. The molecule has 41 heavy (non-hydrogen) atoms. The minimum Gasteiger partial charge on any atom is -0.493 e. The highest BCUT2D eigenvalue weighted by molar-refractivity contribution is 6.05. The number of ether oxygens (including phenoxy) is 2. The fourth-order valence-corrected chi connectivity index (χ4v) is 4.07. The van der Waals surface area contributed by atoms with Crippen LogP contribution < -0.4 is 20.1 Å². The number of amides is 2. The van der Waals surface area contributed by atoms with E-state index in [1.165, 1.54) is 12.1 Å². The molecule has 0 aliphatic heterocycles. The van der Waals surface area contributed by atoms with Crippen LogP contribution in [0.15, 0.2) is 89.0 Å². The van der Waals surface area contributed by atoms with E-state index in [2.05, 4.69) is 10.6 Å². The molecule has 4 rings (SSSR count). The van der Waals surface area contributed by atoms with Crippen LogP contribution in [0.3, 0.4) is 0 Å². The van der Waals surface area contributed by atoms with Crippen LogP contribution in [0.5, 0.6) is 11.5 Å². The number of nitro groups is 1. The average Bonchev–Trinajstić information content (AvgIpc) is 3.45. The highest BCUT2D eigenvalue weighted by Crippen LogP contribution is 2.31. The smallest absolute Gasteiger partial charge is 0.280 e. The van der Waals surface area contributed by atoms with Crippen molar-refractivity contribution in [3.63, 3.8) is 0 Å². The SMILES string of the molecule is COc1ccc(CCNC(=O)/C(=C/c2ccc(-c3ccccc3[N+](=O)[O-])o2)NC(=O)c2ccc(C)cc2)cc1OC. The molecular formula is C31H29N3O7. The van der Waals surface area contributed by atoms with E-state index in [-0.39, 0.29) is 29.4 Å². The number of furan rings is 1. The maximum atomic E-state index is 13.2. The van der Waals surface area contributed by atoms with Crippen LogP contribution in [0.2, 0.25) is 0 Å². The van der Waals surface area contributed by atoms with E-state index in [1.54, 1.807) is 74.9 Å². The number of para-hydroxylation sites is 1. The average molecular weight is 556 g/mol. The Bertz CT molecular complexity index is 1590. The third kappa shape index (κ3) is 7.18. The minimum absolute atomic E-state index is 0.0497. The number of nitro benzene ring substituents is 1. The molecule has 0 bridgehead atoms. The Morgan fingerprint density at radius 2 is 1.68 bits per heavy atom. The zero-order valence-corrected chi connectivity index (χ0v) is 22.8. The van der Waals surface area contributed by atoms with Crippen LogP contribution in [-0.4, -0.2) is 37.5 Å². The van der Waals surface area contributed by atoms with Gasteiger partial charge in [-0.25, -0.2) is 0 Å². The first-order valence-corrected chi connectivity index (χ1v) is 12.7. The van der Waals surface area contributed by atoms with Gasteiger partial charge in [-0.1, -0.05) is 35.9 Å². The molecule has 2 amide bonds. The number of hydrogen-bond acceptors (Lipinski definition) is 7. The van der Waals surface area contributed by atoms with Gasteiger partial charge in [-0.3, -0.25) is 19.7 Å². The number of methoxy groups -OCH3 is 2. The Kier molecular flexibility index (Phi) is 9.16. The van der Waals surface area contributed by atoms with Crippen molar-refractivity contribution in [1.82, 2.24) is 10.6 Å². The second-order valence-corrected chi connectivity index (χ2v) is 9.05. The van der Waals surface area contributed by atoms with Gasteiger partial charge in [0.2, 0.25) is 0 Å². The van der Waals surface area contributed by atoms with Crippen molar-refractivity contribution in [3.05, 3.63) is 117 Å². The highest BCUT2D eigenvalue weighted by atomic mass is 16.6. The van der Waals surface area contributed by atoms with E-state index in [0.717, 1.165) is 11.1 Å². The van der Waals surface area contributed by atoms with E-state index in [9.17, 15) is 19.7 Å². The number of nitrogens with one attached hydrogen (secondary N) is 2. The van der Waals surface area contributed by atoms with Crippen LogP contribution in [0, 0.1) is 17.0 Å². The van der Waals surface area contributed by atoms with Gasteiger partial charge in [0.15, 0.2) is 11.5 Å². The van der Waals surface area contributed by atoms with Crippen molar-refractivity contribution < 1.29 is 28.4 Å². The van der Waals surface area contributed by atoms with Gasteiger partial charge in [-0.15, -0.1) is 0 Å². The van der Waals surface area contributed by atoms with Gasteiger partial charge >= 0.3 is 0 Å². The Balaban J connectivity index is 1.56. The molecule has 210 valence electrons. The Hall–Kier alpha value is -5.38. The van der Waals surface area contributed by atoms with Crippen LogP contribution in [-0.2, 0) is 11.2 Å². The van der Waals surface area contributed by atoms with Crippen molar-refractivity contribution in [2.75, 3.05) is 20.8 Å². The summed E-state index contributed by atoms with van der Waals surface area (Å²) in [6.07, 6.45) is 1.88. The number of carbonyl (C=O) groups is 2. The molecule has 1 heterocycles. The molecule has 0 unspecified atom stereocenters. The maximum absolute atomic E-state index is 13.2. The topological polar surface area (TPSA) is 133 Å². The molecule has 0 aliphatic carbocycles. The van der Waals surface area contributed by atoms with Crippen molar-refractivity contribution in [1.29, 1.82) is 0 Å². The number of hydrogen-bond donors (Lipinski definition) is 2. The summed E-state index contributed by atoms with van der Waals surface area (Å²) >= 11 is 0. The second kappa shape index (κ2) is 13.1. The fraction of sp³-hybridized carbons (Fsp3) is 0.161. The molecule has 0 aliphatic rings. The number of nitrogens with zero attached hydrogens (tertiary/aromatic N) is 1. The summed E-state index contributed by atoms with van der Waals surface area (Å²) in [5.41, 5.74) is 2.41. The molecule has 0 saturated carbocycles. The Morgan fingerprint density at radius 1 is 0.951 bits per heavy atom. The molecule has 2 N–H and O–H groups in total. The van der Waals surface area contributed by atoms with Crippen molar-refractivity contribution in [2.45, 2.75) is 13.3 Å². The minimum atomic E-state index is -0.533. The first-order valence-electron chi connectivity index (χ1n) is 12.7. The zero-order valence-electron chi connectivity index (χ0n) is 22.8. The highest BCUT2D eigenvalue weighted by Gasteiger charge is 2.19. The van der Waals surface area contributed by atoms with E-state index < -0.39 is 16.7 Å². The lowest BCUT2D eigenvalue weighted by Gasteiger charge is -2.12. The molecule has 0 saturated heterocycles. The van der Waals surface area contributed by atoms with Crippen molar-refractivity contribution >= 4 is 23.6 Å². The number of benzene rings is 3. The van der Waals surface area contributed by atoms with Gasteiger partial charge in [0.05, 0.1) is 24.7 Å². The van der Waals surface area contributed by atoms with Gasteiger partial charge in [0.25, 0.3) is 17.5 Å².